The SMILES string of the molecule is CC[C@@H](C)Oc1ccc(C(=O)Nc2ccc(NC(=O)C(C)C)cc2)cc1. The molecule has 26 heavy (non-hydrogen) atoms. The zero-order valence-electron chi connectivity index (χ0n) is 15.7. The average molecular weight is 354 g/mol. The topological polar surface area (TPSA) is 67.4 Å². The van der Waals surface area contributed by atoms with Crippen molar-refractivity contribution >= 4 is 23.2 Å². The second-order valence-corrected chi connectivity index (χ2v) is 6.54. The number of carbonyl (C=O) groups is 2. The summed E-state index contributed by atoms with van der Waals surface area (Å²) in [7, 11) is 0. The largest absolute Gasteiger partial charge is 0.491 e. The lowest BCUT2D eigenvalue weighted by Crippen LogP contribution is -2.17. The monoisotopic (exact) mass is 354 g/mol. The molecule has 1 atom stereocenters. The Kier molecular flexibility index (Phi) is 6.78. The van der Waals surface area contributed by atoms with Crippen LogP contribution in [-0.4, -0.2) is 17.9 Å². The molecule has 0 aliphatic heterocycles. The Hall–Kier alpha value is -2.82. The van der Waals surface area contributed by atoms with Crippen molar-refractivity contribution in [3.05, 3.63) is 54.1 Å². The molecule has 2 aromatic rings. The third kappa shape index (κ3) is 5.62. The van der Waals surface area contributed by atoms with E-state index in [1.807, 2.05) is 20.8 Å². The lowest BCUT2D eigenvalue weighted by atomic mass is 10.2. The van der Waals surface area contributed by atoms with Gasteiger partial charge in [-0.3, -0.25) is 9.59 Å². The number of anilines is 2. The summed E-state index contributed by atoms with van der Waals surface area (Å²) in [6, 6.07) is 14.1. The fraction of sp³-hybridized carbons (Fsp3) is 0.333. The molecule has 2 N–H and O–H groups in total. The molecule has 0 fully saturated rings. The van der Waals surface area contributed by atoms with Gasteiger partial charge in [-0.2, -0.15) is 0 Å². The van der Waals surface area contributed by atoms with Crippen molar-refractivity contribution in [1.29, 1.82) is 0 Å². The molecule has 0 aliphatic carbocycles. The van der Waals surface area contributed by atoms with Crippen LogP contribution in [0.15, 0.2) is 48.5 Å². The van der Waals surface area contributed by atoms with Gasteiger partial charge >= 0.3 is 0 Å². The molecule has 0 radical (unpaired) electrons. The predicted molar refractivity (Wildman–Crippen MR) is 105 cm³/mol. The van der Waals surface area contributed by atoms with Crippen molar-refractivity contribution in [3.63, 3.8) is 0 Å². The average Bonchev–Trinajstić information content (AvgIpc) is 2.63. The van der Waals surface area contributed by atoms with Gasteiger partial charge in [-0.05, 0) is 61.9 Å². The zero-order valence-corrected chi connectivity index (χ0v) is 15.7. The second-order valence-electron chi connectivity index (χ2n) is 6.54. The molecule has 5 nitrogen and oxygen atoms in total. The highest BCUT2D eigenvalue weighted by Gasteiger charge is 2.09. The molecule has 0 aromatic heterocycles. The quantitative estimate of drug-likeness (QED) is 0.756. The zero-order chi connectivity index (χ0) is 19.1. The van der Waals surface area contributed by atoms with E-state index < -0.39 is 0 Å². The van der Waals surface area contributed by atoms with Gasteiger partial charge in [-0.1, -0.05) is 20.8 Å². The van der Waals surface area contributed by atoms with Crippen molar-refractivity contribution in [1.82, 2.24) is 0 Å². The van der Waals surface area contributed by atoms with Crippen LogP contribution >= 0.6 is 0 Å². The number of hydrogen-bond acceptors (Lipinski definition) is 3. The highest BCUT2D eigenvalue weighted by Crippen LogP contribution is 2.18. The maximum Gasteiger partial charge on any atom is 0.255 e. The van der Waals surface area contributed by atoms with Crippen LogP contribution in [-0.2, 0) is 4.79 Å². The standard InChI is InChI=1S/C21H26N2O3/c1-5-15(4)26-19-12-6-16(7-13-19)21(25)23-18-10-8-17(9-11-18)22-20(24)14(2)3/h6-15H,5H2,1-4H3,(H,22,24)(H,23,25)/t15-/m1/s1. The van der Waals surface area contributed by atoms with Crippen LogP contribution in [0.25, 0.3) is 0 Å². The summed E-state index contributed by atoms with van der Waals surface area (Å²) in [5, 5.41) is 5.65. The first-order chi connectivity index (χ1) is 12.4. The van der Waals surface area contributed by atoms with E-state index in [1.165, 1.54) is 0 Å². The van der Waals surface area contributed by atoms with Crippen LogP contribution in [0, 0.1) is 5.92 Å². The van der Waals surface area contributed by atoms with Gasteiger partial charge < -0.3 is 15.4 Å². The van der Waals surface area contributed by atoms with Crippen molar-refractivity contribution < 1.29 is 14.3 Å². The van der Waals surface area contributed by atoms with Crippen molar-refractivity contribution in [2.24, 2.45) is 5.92 Å². The van der Waals surface area contributed by atoms with E-state index >= 15 is 0 Å². The minimum atomic E-state index is -0.195. The Balaban J connectivity index is 1.95. The molecule has 0 saturated carbocycles. The Morgan fingerprint density at radius 2 is 1.42 bits per heavy atom. The highest BCUT2D eigenvalue weighted by molar-refractivity contribution is 6.04. The Labute approximate surface area is 154 Å². The molecule has 0 saturated heterocycles. The maximum absolute atomic E-state index is 12.3. The number of rotatable bonds is 7. The first kappa shape index (κ1) is 19.5. The number of nitrogens with one attached hydrogen (secondary N) is 2. The summed E-state index contributed by atoms with van der Waals surface area (Å²) in [5.41, 5.74) is 1.92. The van der Waals surface area contributed by atoms with E-state index in [4.69, 9.17) is 4.74 Å². The highest BCUT2D eigenvalue weighted by atomic mass is 16.5. The molecule has 138 valence electrons. The normalized spacial score (nSPS) is 11.7. The van der Waals surface area contributed by atoms with E-state index in [0.29, 0.717) is 16.9 Å². The van der Waals surface area contributed by atoms with Gasteiger partial charge in [0.25, 0.3) is 5.91 Å². The minimum Gasteiger partial charge on any atom is -0.491 e. The number of benzene rings is 2. The number of ether oxygens (including phenoxy) is 1. The van der Waals surface area contributed by atoms with Gasteiger partial charge in [0, 0.05) is 22.9 Å². The van der Waals surface area contributed by atoms with Crippen molar-refractivity contribution in [2.45, 2.75) is 40.2 Å². The molecule has 0 aliphatic rings. The molecule has 2 rings (SSSR count). The third-order valence-corrected chi connectivity index (χ3v) is 3.96. The van der Waals surface area contributed by atoms with Crippen LogP contribution < -0.4 is 15.4 Å². The molecule has 2 aromatic carbocycles. The van der Waals surface area contributed by atoms with Gasteiger partial charge in [0.1, 0.15) is 5.75 Å². The summed E-state index contributed by atoms with van der Waals surface area (Å²) in [6.07, 6.45) is 1.07. The fourth-order valence-corrected chi connectivity index (χ4v) is 2.13. The fourth-order valence-electron chi connectivity index (χ4n) is 2.13. The first-order valence-corrected chi connectivity index (χ1v) is 8.88. The van der Waals surface area contributed by atoms with Gasteiger partial charge in [0.15, 0.2) is 0 Å². The summed E-state index contributed by atoms with van der Waals surface area (Å²) >= 11 is 0. The second kappa shape index (κ2) is 9.04. The first-order valence-electron chi connectivity index (χ1n) is 8.88. The summed E-state index contributed by atoms with van der Waals surface area (Å²) in [5.74, 6) is 0.434. The molecule has 5 heteroatoms. The minimum absolute atomic E-state index is 0.0403. The molecule has 2 amide bonds. The van der Waals surface area contributed by atoms with E-state index in [2.05, 4.69) is 17.6 Å². The van der Waals surface area contributed by atoms with Gasteiger partial charge in [0.2, 0.25) is 5.91 Å². The smallest absolute Gasteiger partial charge is 0.255 e. The van der Waals surface area contributed by atoms with Crippen LogP contribution in [0.2, 0.25) is 0 Å². The van der Waals surface area contributed by atoms with E-state index in [9.17, 15) is 9.59 Å². The van der Waals surface area contributed by atoms with Crippen LogP contribution in [0.1, 0.15) is 44.5 Å². The van der Waals surface area contributed by atoms with Crippen LogP contribution in [0.4, 0.5) is 11.4 Å². The molecule has 0 spiro atoms. The lowest BCUT2D eigenvalue weighted by molar-refractivity contribution is -0.118. The van der Waals surface area contributed by atoms with Gasteiger partial charge in [-0.15, -0.1) is 0 Å². The number of amides is 2. The van der Waals surface area contributed by atoms with Crippen LogP contribution in [0.3, 0.4) is 0 Å². The summed E-state index contributed by atoms with van der Waals surface area (Å²) in [6.45, 7) is 7.74. The molecule has 0 heterocycles. The van der Waals surface area contributed by atoms with E-state index in [0.717, 1.165) is 12.2 Å². The Bertz CT molecular complexity index is 737. The number of carbonyl (C=O) groups excluding carboxylic acids is 2. The van der Waals surface area contributed by atoms with Gasteiger partial charge in [-0.25, -0.2) is 0 Å². The number of hydrogen-bond donors (Lipinski definition) is 2. The van der Waals surface area contributed by atoms with Crippen molar-refractivity contribution in [2.75, 3.05) is 10.6 Å². The van der Waals surface area contributed by atoms with Crippen LogP contribution in [0.5, 0.6) is 5.75 Å². The van der Waals surface area contributed by atoms with Crippen molar-refractivity contribution in [3.8, 4) is 5.75 Å². The Morgan fingerprint density at radius 3 is 1.92 bits per heavy atom. The van der Waals surface area contributed by atoms with E-state index in [1.54, 1.807) is 48.5 Å². The third-order valence-electron chi connectivity index (χ3n) is 3.96. The molecular weight excluding hydrogens is 328 g/mol. The summed E-state index contributed by atoms with van der Waals surface area (Å²) in [4.78, 5) is 24.0. The molecular formula is C21H26N2O3. The predicted octanol–water partition coefficient (Wildman–Crippen LogP) is 4.71. The summed E-state index contributed by atoms with van der Waals surface area (Å²) < 4.78 is 5.71. The Morgan fingerprint density at radius 1 is 0.885 bits per heavy atom. The van der Waals surface area contributed by atoms with Gasteiger partial charge in [0.05, 0.1) is 6.10 Å². The molecule has 0 bridgehead atoms. The lowest BCUT2D eigenvalue weighted by Gasteiger charge is -2.13. The maximum atomic E-state index is 12.3. The van der Waals surface area contributed by atoms with E-state index in [-0.39, 0.29) is 23.8 Å². The molecule has 0 unspecified atom stereocenters.